The van der Waals surface area contributed by atoms with Crippen molar-refractivity contribution in [3.05, 3.63) is 112 Å². The summed E-state index contributed by atoms with van der Waals surface area (Å²) in [5.74, 6) is -0.501. The number of nitrogens with zero attached hydrogens (tertiary/aromatic N) is 3. The number of thiophene rings is 1. The van der Waals surface area contributed by atoms with Crippen LogP contribution >= 0.6 is 11.3 Å². The van der Waals surface area contributed by atoms with E-state index in [1.165, 1.54) is 18.3 Å². The molecular weight excluding hydrogens is 510 g/mol. The Balaban J connectivity index is 1.69. The number of hydrogen-bond donors (Lipinski definition) is 1. The van der Waals surface area contributed by atoms with Gasteiger partial charge in [0.25, 0.3) is 0 Å². The van der Waals surface area contributed by atoms with Crippen LogP contribution in [0.4, 0.5) is 0 Å². The number of hydrogen-bond acceptors (Lipinski definition) is 7. The molecule has 2 aromatic heterocycles. The highest BCUT2D eigenvalue weighted by molar-refractivity contribution is 7.12. The minimum atomic E-state index is -0.476. The van der Waals surface area contributed by atoms with E-state index in [1.54, 1.807) is 13.0 Å². The van der Waals surface area contributed by atoms with Crippen LogP contribution in [0.2, 0.25) is 0 Å². The summed E-state index contributed by atoms with van der Waals surface area (Å²) in [5.41, 5.74) is 5.98. The molecule has 7 nitrogen and oxygen atoms in total. The number of carbonyl (C=O) groups excluding carboxylic acids is 2. The molecule has 194 valence electrons. The fourth-order valence-corrected chi connectivity index (χ4v) is 5.22. The van der Waals surface area contributed by atoms with Crippen LogP contribution in [-0.2, 0) is 9.63 Å². The Bertz CT molecular complexity index is 1790. The second-order valence-electron chi connectivity index (χ2n) is 8.90. The number of rotatable bonds is 7. The Kier molecular flexibility index (Phi) is 7.21. The summed E-state index contributed by atoms with van der Waals surface area (Å²) in [6, 6.07) is 23.1. The van der Waals surface area contributed by atoms with Crippen LogP contribution < -0.4 is 0 Å². The van der Waals surface area contributed by atoms with Crippen LogP contribution in [0, 0.1) is 0 Å². The summed E-state index contributed by atoms with van der Waals surface area (Å²) in [7, 11) is 0. The lowest BCUT2D eigenvalue weighted by Gasteiger charge is -2.10. The fourth-order valence-electron chi connectivity index (χ4n) is 4.53. The van der Waals surface area contributed by atoms with Crippen LogP contribution in [-0.4, -0.2) is 33.0 Å². The molecule has 3 aromatic carbocycles. The Morgan fingerprint density at radius 1 is 0.897 bits per heavy atom. The zero-order valence-corrected chi connectivity index (χ0v) is 22.4. The molecule has 0 aliphatic heterocycles. The van der Waals surface area contributed by atoms with E-state index in [-0.39, 0.29) is 5.78 Å². The van der Waals surface area contributed by atoms with Crippen molar-refractivity contribution in [3.63, 3.8) is 0 Å². The van der Waals surface area contributed by atoms with E-state index in [4.69, 9.17) is 4.84 Å². The van der Waals surface area contributed by atoms with Gasteiger partial charge in [0.15, 0.2) is 0 Å². The van der Waals surface area contributed by atoms with Gasteiger partial charge in [-0.05, 0) is 79.4 Å². The Hall–Kier alpha value is -4.82. The summed E-state index contributed by atoms with van der Waals surface area (Å²) in [6.45, 7) is 4.94. The molecule has 0 radical (unpaired) electrons. The molecule has 2 heterocycles. The van der Waals surface area contributed by atoms with Crippen molar-refractivity contribution in [2.75, 3.05) is 0 Å². The first-order valence-corrected chi connectivity index (χ1v) is 13.1. The van der Waals surface area contributed by atoms with Gasteiger partial charge in [0, 0.05) is 34.5 Å². The number of ketones is 1. The number of allylic oxidation sites excluding steroid dienone is 2. The third-order valence-electron chi connectivity index (χ3n) is 6.35. The van der Waals surface area contributed by atoms with Crippen LogP contribution in [0.5, 0.6) is 0 Å². The molecule has 0 saturated carbocycles. The van der Waals surface area contributed by atoms with Gasteiger partial charge in [-0.2, -0.15) is 0 Å². The van der Waals surface area contributed by atoms with Gasteiger partial charge in [0.05, 0.1) is 21.6 Å². The highest BCUT2D eigenvalue weighted by atomic mass is 32.1. The van der Waals surface area contributed by atoms with E-state index < -0.39 is 5.97 Å². The molecule has 0 aliphatic rings. The summed E-state index contributed by atoms with van der Waals surface area (Å²) in [6.07, 6.45) is 3.55. The van der Waals surface area contributed by atoms with E-state index >= 15 is 0 Å². The zero-order valence-electron chi connectivity index (χ0n) is 21.6. The van der Waals surface area contributed by atoms with Crippen molar-refractivity contribution in [2.45, 2.75) is 20.8 Å². The molecule has 0 aliphatic carbocycles. The van der Waals surface area contributed by atoms with Crippen LogP contribution in [0.3, 0.4) is 0 Å². The van der Waals surface area contributed by atoms with Crippen molar-refractivity contribution >= 4 is 56.3 Å². The van der Waals surface area contributed by atoms with E-state index in [0.29, 0.717) is 21.9 Å². The van der Waals surface area contributed by atoms with Gasteiger partial charge in [-0.15, -0.1) is 11.3 Å². The Morgan fingerprint density at radius 3 is 2.13 bits per heavy atom. The molecular formula is C31H25N3O4S. The van der Waals surface area contributed by atoms with Crippen molar-refractivity contribution < 1.29 is 19.6 Å². The number of aromatic nitrogens is 1. The number of fused-ring (bicyclic) bond motifs is 3. The SMILES string of the molecule is CC=CC(=NO)c1ccc2c(c1)c1cc(C(=O)c3cccs3)ccc1n2-c1ccc(C(C)=NOC(C)=O)cc1. The van der Waals surface area contributed by atoms with Crippen LogP contribution in [0.1, 0.15) is 47.1 Å². The second kappa shape index (κ2) is 10.9. The summed E-state index contributed by atoms with van der Waals surface area (Å²) in [4.78, 5) is 29.7. The first-order valence-electron chi connectivity index (χ1n) is 12.3. The molecule has 39 heavy (non-hydrogen) atoms. The van der Waals surface area contributed by atoms with Crippen molar-refractivity contribution in [1.82, 2.24) is 4.57 Å². The van der Waals surface area contributed by atoms with Gasteiger partial charge in [0.1, 0.15) is 5.71 Å². The molecule has 0 amide bonds. The second-order valence-corrected chi connectivity index (χ2v) is 9.85. The molecule has 5 rings (SSSR count). The molecule has 1 N–H and O–H groups in total. The van der Waals surface area contributed by atoms with Gasteiger partial charge >= 0.3 is 5.97 Å². The summed E-state index contributed by atoms with van der Waals surface area (Å²) >= 11 is 1.42. The highest BCUT2D eigenvalue weighted by Gasteiger charge is 2.17. The minimum absolute atomic E-state index is 0.0256. The van der Waals surface area contributed by atoms with Gasteiger partial charge in [-0.1, -0.05) is 40.7 Å². The van der Waals surface area contributed by atoms with Crippen LogP contribution in [0.15, 0.2) is 101 Å². The van der Waals surface area contributed by atoms with E-state index in [9.17, 15) is 14.8 Å². The van der Waals surface area contributed by atoms with Gasteiger partial charge in [-0.25, -0.2) is 4.79 Å². The van der Waals surface area contributed by atoms with Gasteiger partial charge < -0.3 is 14.6 Å². The molecule has 5 aromatic rings. The zero-order chi connectivity index (χ0) is 27.5. The first-order chi connectivity index (χ1) is 18.9. The predicted octanol–water partition coefficient (Wildman–Crippen LogP) is 7.12. The lowest BCUT2D eigenvalue weighted by atomic mass is 10.0. The molecule has 0 fully saturated rings. The van der Waals surface area contributed by atoms with E-state index in [1.807, 2.05) is 91.2 Å². The van der Waals surface area contributed by atoms with E-state index in [2.05, 4.69) is 14.9 Å². The summed E-state index contributed by atoms with van der Waals surface area (Å²) in [5, 5.41) is 20.6. The predicted molar refractivity (Wildman–Crippen MR) is 156 cm³/mol. The van der Waals surface area contributed by atoms with Crippen molar-refractivity contribution in [2.24, 2.45) is 10.3 Å². The topological polar surface area (TPSA) is 93.2 Å². The van der Waals surface area contributed by atoms with Gasteiger partial charge in [-0.3, -0.25) is 4.79 Å². The van der Waals surface area contributed by atoms with Crippen LogP contribution in [0.25, 0.3) is 27.5 Å². The molecule has 8 heteroatoms. The Morgan fingerprint density at radius 2 is 1.54 bits per heavy atom. The standard InChI is InChI=1S/C31H25N3O4S/c1-4-6-27(32-37)22-10-14-28-25(17-22)26-18-23(31(36)30-7-5-16-39-30)11-15-29(26)34(28)24-12-8-21(9-13-24)19(2)33-38-20(3)35/h4-18,37H,1-3H3. The normalized spacial score (nSPS) is 12.5. The smallest absolute Gasteiger partial charge is 0.331 e. The number of oxime groups is 2. The molecule has 0 saturated heterocycles. The third kappa shape index (κ3) is 5.02. The lowest BCUT2D eigenvalue weighted by Crippen LogP contribution is -2.01. The third-order valence-corrected chi connectivity index (χ3v) is 7.22. The monoisotopic (exact) mass is 535 g/mol. The van der Waals surface area contributed by atoms with Crippen molar-refractivity contribution in [1.29, 1.82) is 0 Å². The van der Waals surface area contributed by atoms with Crippen molar-refractivity contribution in [3.8, 4) is 5.69 Å². The minimum Gasteiger partial charge on any atom is -0.410 e. The van der Waals surface area contributed by atoms with Gasteiger partial charge in [0.2, 0.25) is 5.78 Å². The largest absolute Gasteiger partial charge is 0.410 e. The molecule has 0 unspecified atom stereocenters. The lowest BCUT2D eigenvalue weighted by molar-refractivity contribution is -0.140. The number of benzene rings is 3. The molecule has 0 spiro atoms. The fraction of sp³-hybridized carbons (Fsp3) is 0.0968. The quantitative estimate of drug-likeness (QED) is 0.0790. The average molecular weight is 536 g/mol. The maximum Gasteiger partial charge on any atom is 0.331 e. The first kappa shape index (κ1) is 25.8. The molecule has 0 atom stereocenters. The molecule has 0 bridgehead atoms. The number of carbonyl (C=O) groups is 2. The maximum atomic E-state index is 13.2. The Labute approximate surface area is 228 Å². The van der Waals surface area contributed by atoms with E-state index in [0.717, 1.165) is 38.6 Å². The summed E-state index contributed by atoms with van der Waals surface area (Å²) < 4.78 is 2.13. The maximum absolute atomic E-state index is 13.2. The average Bonchev–Trinajstić information content (AvgIpc) is 3.60. The highest BCUT2D eigenvalue weighted by Crippen LogP contribution is 2.34.